The van der Waals surface area contributed by atoms with Crippen LogP contribution in [0, 0.1) is 0 Å². The van der Waals surface area contributed by atoms with Crippen LogP contribution in [0.1, 0.15) is 31.2 Å². The van der Waals surface area contributed by atoms with Crippen LogP contribution in [0.2, 0.25) is 0 Å². The smallest absolute Gasteiger partial charge is 0.393 e. The first-order chi connectivity index (χ1) is 9.21. The molecule has 0 aromatic heterocycles. The molecule has 1 aliphatic rings. The fourth-order valence-corrected chi connectivity index (χ4v) is 4.23. The zero-order chi connectivity index (χ0) is 15.0. The lowest BCUT2D eigenvalue weighted by Gasteiger charge is -2.25. The van der Waals surface area contributed by atoms with Crippen LogP contribution in [-0.2, 0) is 16.0 Å². The highest BCUT2D eigenvalue weighted by atomic mass is 32.2. The molecule has 0 amide bonds. The van der Waals surface area contributed by atoms with Gasteiger partial charge in [-0.2, -0.15) is 13.2 Å². The second-order valence-electron chi connectivity index (χ2n) is 5.00. The van der Waals surface area contributed by atoms with Gasteiger partial charge in [-0.05, 0) is 43.9 Å². The van der Waals surface area contributed by atoms with E-state index in [1.54, 1.807) is 0 Å². The first-order valence-electron chi connectivity index (χ1n) is 6.30. The van der Waals surface area contributed by atoms with Crippen LogP contribution < -0.4 is 0 Å². The van der Waals surface area contributed by atoms with Gasteiger partial charge < -0.3 is 5.11 Å². The number of benzene rings is 1. The van der Waals surface area contributed by atoms with Gasteiger partial charge in [-0.3, -0.25) is 0 Å². The van der Waals surface area contributed by atoms with Crippen molar-refractivity contribution in [3.8, 4) is 0 Å². The molecule has 0 spiro atoms. The van der Waals surface area contributed by atoms with Gasteiger partial charge in [0.2, 0.25) is 0 Å². The van der Waals surface area contributed by atoms with E-state index in [0.29, 0.717) is 18.9 Å². The van der Waals surface area contributed by atoms with Crippen molar-refractivity contribution in [1.29, 1.82) is 0 Å². The summed E-state index contributed by atoms with van der Waals surface area (Å²) in [4.78, 5) is -0.297. The molecule has 1 fully saturated rings. The lowest BCUT2D eigenvalue weighted by molar-refractivity contribution is -0.137. The third-order valence-corrected chi connectivity index (χ3v) is 5.83. The molecule has 1 N–H and O–H groups in total. The normalized spacial score (nSPS) is 24.6. The van der Waals surface area contributed by atoms with Crippen LogP contribution in [0.15, 0.2) is 29.2 Å². The molecule has 20 heavy (non-hydrogen) atoms. The van der Waals surface area contributed by atoms with Gasteiger partial charge in [0.25, 0.3) is 0 Å². The van der Waals surface area contributed by atoms with Crippen molar-refractivity contribution in [2.24, 2.45) is 0 Å². The Balaban J connectivity index is 2.30. The summed E-state index contributed by atoms with van der Waals surface area (Å²) in [7, 11) is -3.78. The Hall–Kier alpha value is -1.08. The standard InChI is InChI=1S/C13H15F3O3S/c14-13(15,16)9-2-1-3-12(8-9)20(18,19)11-6-4-10(17)5-7-11/h1-3,8,10-11,17H,4-7H2. The molecule has 112 valence electrons. The summed E-state index contributed by atoms with van der Waals surface area (Å²) in [6.45, 7) is 0. The van der Waals surface area contributed by atoms with E-state index in [4.69, 9.17) is 0 Å². The molecule has 1 aromatic carbocycles. The molecule has 1 aliphatic carbocycles. The monoisotopic (exact) mass is 308 g/mol. The predicted molar refractivity (Wildman–Crippen MR) is 66.9 cm³/mol. The number of halogens is 3. The van der Waals surface area contributed by atoms with Crippen LogP contribution >= 0.6 is 0 Å². The Morgan fingerprint density at radius 1 is 1.10 bits per heavy atom. The van der Waals surface area contributed by atoms with Crippen molar-refractivity contribution < 1.29 is 26.7 Å². The van der Waals surface area contributed by atoms with E-state index >= 15 is 0 Å². The number of hydrogen-bond acceptors (Lipinski definition) is 3. The summed E-state index contributed by atoms with van der Waals surface area (Å²) < 4.78 is 62.5. The van der Waals surface area contributed by atoms with Crippen molar-refractivity contribution in [1.82, 2.24) is 0 Å². The molecule has 2 rings (SSSR count). The summed E-state index contributed by atoms with van der Waals surface area (Å²) in [5.41, 5.74) is -0.964. The van der Waals surface area contributed by atoms with Gasteiger partial charge in [-0.25, -0.2) is 8.42 Å². The second kappa shape index (κ2) is 5.37. The average molecular weight is 308 g/mol. The quantitative estimate of drug-likeness (QED) is 0.914. The Labute approximate surface area is 115 Å². The van der Waals surface area contributed by atoms with Crippen molar-refractivity contribution in [2.45, 2.75) is 48.1 Å². The number of aliphatic hydroxyl groups excluding tert-OH is 1. The van der Waals surface area contributed by atoms with Crippen molar-refractivity contribution in [2.75, 3.05) is 0 Å². The van der Waals surface area contributed by atoms with E-state index < -0.39 is 32.9 Å². The van der Waals surface area contributed by atoms with E-state index in [9.17, 15) is 26.7 Å². The number of alkyl halides is 3. The fraction of sp³-hybridized carbons (Fsp3) is 0.538. The third kappa shape index (κ3) is 3.15. The average Bonchev–Trinajstić information content (AvgIpc) is 2.38. The van der Waals surface area contributed by atoms with Crippen LogP contribution in [0.4, 0.5) is 13.2 Å². The molecule has 0 unspecified atom stereocenters. The van der Waals surface area contributed by atoms with Crippen LogP contribution in [0.25, 0.3) is 0 Å². The number of sulfone groups is 1. The maximum Gasteiger partial charge on any atom is 0.416 e. The summed E-state index contributed by atoms with van der Waals surface area (Å²) in [5.74, 6) is 0. The second-order valence-corrected chi connectivity index (χ2v) is 7.23. The zero-order valence-electron chi connectivity index (χ0n) is 10.6. The molecule has 7 heteroatoms. The SMILES string of the molecule is O=S(=O)(c1cccc(C(F)(F)F)c1)C1CCC(O)CC1. The molecule has 0 heterocycles. The van der Waals surface area contributed by atoms with Crippen LogP contribution in [0.3, 0.4) is 0 Å². The van der Waals surface area contributed by atoms with E-state index in [2.05, 4.69) is 0 Å². The summed E-state index contributed by atoms with van der Waals surface area (Å²) in [6.07, 6.45) is -3.79. The highest BCUT2D eigenvalue weighted by molar-refractivity contribution is 7.92. The van der Waals surface area contributed by atoms with Crippen molar-refractivity contribution in [3.63, 3.8) is 0 Å². The number of aliphatic hydroxyl groups is 1. The Bertz CT molecular complexity index is 573. The van der Waals surface area contributed by atoms with Gasteiger partial charge in [0.15, 0.2) is 9.84 Å². The highest BCUT2D eigenvalue weighted by Crippen LogP contribution is 2.33. The summed E-state index contributed by atoms with van der Waals surface area (Å²) in [5, 5.41) is 8.66. The minimum atomic E-state index is -4.56. The van der Waals surface area contributed by atoms with E-state index in [-0.39, 0.29) is 17.7 Å². The molecular formula is C13H15F3O3S. The number of rotatable bonds is 2. The fourth-order valence-electron chi connectivity index (χ4n) is 2.40. The van der Waals surface area contributed by atoms with Crippen molar-refractivity contribution in [3.05, 3.63) is 29.8 Å². The lowest BCUT2D eigenvalue weighted by Crippen LogP contribution is -2.29. The number of hydrogen-bond donors (Lipinski definition) is 1. The van der Waals surface area contributed by atoms with Gasteiger partial charge in [0, 0.05) is 0 Å². The minimum absolute atomic E-state index is 0.278. The zero-order valence-corrected chi connectivity index (χ0v) is 11.4. The summed E-state index contributed by atoms with van der Waals surface area (Å²) >= 11 is 0. The first kappa shape index (κ1) is 15.3. The van der Waals surface area contributed by atoms with E-state index in [1.807, 2.05) is 0 Å². The molecule has 0 bridgehead atoms. The van der Waals surface area contributed by atoms with Crippen LogP contribution in [0.5, 0.6) is 0 Å². The lowest BCUT2D eigenvalue weighted by atomic mass is 9.97. The van der Waals surface area contributed by atoms with Crippen molar-refractivity contribution >= 4 is 9.84 Å². The maximum absolute atomic E-state index is 12.6. The Kier molecular flexibility index (Phi) is 4.11. The van der Waals surface area contributed by atoms with E-state index in [1.165, 1.54) is 6.07 Å². The summed E-state index contributed by atoms with van der Waals surface area (Å²) in [6, 6.07) is 3.83. The van der Waals surface area contributed by atoms with E-state index in [0.717, 1.165) is 12.1 Å². The molecule has 3 nitrogen and oxygen atoms in total. The van der Waals surface area contributed by atoms with Gasteiger partial charge in [0.1, 0.15) is 0 Å². The molecule has 0 aliphatic heterocycles. The van der Waals surface area contributed by atoms with Gasteiger partial charge in [-0.1, -0.05) is 6.07 Å². The predicted octanol–water partition coefficient (Wildman–Crippen LogP) is 2.78. The molecular weight excluding hydrogens is 293 g/mol. The minimum Gasteiger partial charge on any atom is -0.393 e. The molecule has 1 saturated carbocycles. The highest BCUT2D eigenvalue weighted by Gasteiger charge is 2.35. The topological polar surface area (TPSA) is 54.4 Å². The van der Waals surface area contributed by atoms with Gasteiger partial charge in [-0.15, -0.1) is 0 Å². The Morgan fingerprint density at radius 3 is 2.25 bits per heavy atom. The molecule has 1 aromatic rings. The van der Waals surface area contributed by atoms with Crippen LogP contribution in [-0.4, -0.2) is 24.9 Å². The maximum atomic E-state index is 12.6. The van der Waals surface area contributed by atoms with Gasteiger partial charge >= 0.3 is 6.18 Å². The Morgan fingerprint density at radius 2 is 1.70 bits per heavy atom. The molecule has 0 saturated heterocycles. The first-order valence-corrected chi connectivity index (χ1v) is 7.85. The molecule has 0 radical (unpaired) electrons. The third-order valence-electron chi connectivity index (χ3n) is 3.57. The van der Waals surface area contributed by atoms with Gasteiger partial charge in [0.05, 0.1) is 21.8 Å². The molecule has 0 atom stereocenters. The largest absolute Gasteiger partial charge is 0.416 e.